The molecule has 2 fully saturated rings. The molecule has 0 aromatic heterocycles. The smallest absolute Gasteiger partial charge is 0.407 e. The standard InChI is InChI=1S/C17H21FN2O4/c1-19-17(14(21)12-4-2-3-5-13(12)18)7-6-16(24-17)8-10-20(11-9-16)15(22)23/h2-5,19H,6-11H2,1H3,(H,22,23). The van der Waals surface area contributed by atoms with Gasteiger partial charge < -0.3 is 14.7 Å². The number of benzene rings is 1. The van der Waals surface area contributed by atoms with Crippen molar-refractivity contribution in [3.05, 3.63) is 35.6 Å². The molecular formula is C17H21FN2O4. The van der Waals surface area contributed by atoms with Gasteiger partial charge in [0.05, 0.1) is 11.2 Å². The molecule has 130 valence electrons. The minimum Gasteiger partial charge on any atom is -0.465 e. The normalized spacial score (nSPS) is 25.8. The van der Waals surface area contributed by atoms with Crippen LogP contribution in [0.4, 0.5) is 9.18 Å². The van der Waals surface area contributed by atoms with E-state index in [0.717, 1.165) is 0 Å². The number of rotatable bonds is 3. The predicted molar refractivity (Wildman–Crippen MR) is 84.4 cm³/mol. The molecule has 0 radical (unpaired) electrons. The van der Waals surface area contributed by atoms with Gasteiger partial charge in [0, 0.05) is 19.5 Å². The number of likely N-dealkylation sites (tertiary alicyclic amines) is 1. The van der Waals surface area contributed by atoms with Crippen LogP contribution < -0.4 is 5.32 Å². The highest BCUT2D eigenvalue weighted by molar-refractivity contribution is 6.02. The molecule has 2 heterocycles. The third kappa shape index (κ3) is 2.78. The molecule has 6 nitrogen and oxygen atoms in total. The van der Waals surface area contributed by atoms with Gasteiger partial charge in [-0.15, -0.1) is 0 Å². The number of Topliss-reactive ketones (excluding diaryl/α,β-unsaturated/α-hetero) is 1. The van der Waals surface area contributed by atoms with Crippen LogP contribution in [-0.2, 0) is 4.74 Å². The molecule has 2 aliphatic heterocycles. The number of piperidine rings is 1. The maximum absolute atomic E-state index is 14.0. The lowest BCUT2D eigenvalue weighted by Crippen LogP contribution is -2.54. The number of carboxylic acid groups (broad SMARTS) is 1. The van der Waals surface area contributed by atoms with Crippen LogP contribution in [0.2, 0.25) is 0 Å². The second-order valence-corrected chi connectivity index (χ2v) is 6.44. The number of halogens is 1. The van der Waals surface area contributed by atoms with Crippen molar-refractivity contribution < 1.29 is 23.8 Å². The molecule has 1 spiro atoms. The number of hydrogen-bond acceptors (Lipinski definition) is 4. The van der Waals surface area contributed by atoms with E-state index in [1.807, 2.05) is 0 Å². The summed E-state index contributed by atoms with van der Waals surface area (Å²) in [5.74, 6) is -0.983. The summed E-state index contributed by atoms with van der Waals surface area (Å²) in [5, 5.41) is 12.0. The van der Waals surface area contributed by atoms with Crippen LogP contribution >= 0.6 is 0 Å². The first-order valence-corrected chi connectivity index (χ1v) is 8.08. The molecular weight excluding hydrogens is 315 g/mol. The Kier molecular flexibility index (Phi) is 4.31. The van der Waals surface area contributed by atoms with E-state index in [1.165, 1.54) is 23.1 Å². The number of carbonyl (C=O) groups is 2. The molecule has 2 aliphatic rings. The Balaban J connectivity index is 1.80. The zero-order valence-corrected chi connectivity index (χ0v) is 13.5. The summed E-state index contributed by atoms with van der Waals surface area (Å²) < 4.78 is 20.2. The Morgan fingerprint density at radius 3 is 2.46 bits per heavy atom. The van der Waals surface area contributed by atoms with E-state index in [2.05, 4.69) is 5.32 Å². The zero-order valence-electron chi connectivity index (χ0n) is 13.5. The van der Waals surface area contributed by atoms with Crippen molar-refractivity contribution >= 4 is 11.9 Å². The van der Waals surface area contributed by atoms with Crippen molar-refractivity contribution in [2.24, 2.45) is 0 Å². The molecule has 2 saturated heterocycles. The SMILES string of the molecule is CNC1(C(=O)c2ccccc2F)CCC2(CCN(C(=O)O)CC2)O1. The van der Waals surface area contributed by atoms with E-state index >= 15 is 0 Å². The fourth-order valence-corrected chi connectivity index (χ4v) is 3.65. The summed E-state index contributed by atoms with van der Waals surface area (Å²) >= 11 is 0. The van der Waals surface area contributed by atoms with Gasteiger partial charge in [0.1, 0.15) is 5.82 Å². The molecule has 3 rings (SSSR count). The van der Waals surface area contributed by atoms with Gasteiger partial charge in [-0.3, -0.25) is 10.1 Å². The highest BCUT2D eigenvalue weighted by Crippen LogP contribution is 2.44. The number of carbonyl (C=O) groups excluding carboxylic acids is 1. The van der Waals surface area contributed by atoms with Crippen molar-refractivity contribution in [3.63, 3.8) is 0 Å². The van der Waals surface area contributed by atoms with E-state index in [4.69, 9.17) is 9.84 Å². The predicted octanol–water partition coefficient (Wildman–Crippen LogP) is 2.25. The number of hydrogen-bond donors (Lipinski definition) is 2. The van der Waals surface area contributed by atoms with Gasteiger partial charge >= 0.3 is 6.09 Å². The van der Waals surface area contributed by atoms with Gasteiger partial charge in [-0.05, 0) is 38.4 Å². The lowest BCUT2D eigenvalue weighted by molar-refractivity contribution is -0.117. The van der Waals surface area contributed by atoms with Crippen LogP contribution in [0.5, 0.6) is 0 Å². The van der Waals surface area contributed by atoms with Crippen molar-refractivity contribution in [2.45, 2.75) is 37.0 Å². The van der Waals surface area contributed by atoms with Gasteiger partial charge in [-0.1, -0.05) is 12.1 Å². The largest absolute Gasteiger partial charge is 0.465 e. The average Bonchev–Trinajstić information content (AvgIpc) is 2.95. The molecule has 0 aliphatic carbocycles. The van der Waals surface area contributed by atoms with Gasteiger partial charge in [0.15, 0.2) is 5.72 Å². The van der Waals surface area contributed by atoms with E-state index < -0.39 is 29.0 Å². The number of ketones is 1. The molecule has 1 aromatic rings. The quantitative estimate of drug-likeness (QED) is 0.828. The molecule has 0 saturated carbocycles. The summed E-state index contributed by atoms with van der Waals surface area (Å²) in [7, 11) is 1.63. The van der Waals surface area contributed by atoms with Crippen LogP contribution in [0.3, 0.4) is 0 Å². The summed E-state index contributed by atoms with van der Waals surface area (Å²) in [6, 6.07) is 5.87. The molecule has 1 aromatic carbocycles. The van der Waals surface area contributed by atoms with Crippen molar-refractivity contribution in [1.29, 1.82) is 0 Å². The maximum atomic E-state index is 14.0. The Hall–Kier alpha value is -1.99. The summed E-state index contributed by atoms with van der Waals surface area (Å²) in [4.78, 5) is 25.3. The second kappa shape index (κ2) is 6.14. The van der Waals surface area contributed by atoms with Gasteiger partial charge in [-0.2, -0.15) is 0 Å². The lowest BCUT2D eigenvalue weighted by Gasteiger charge is -2.39. The lowest BCUT2D eigenvalue weighted by atomic mass is 9.88. The molecule has 1 unspecified atom stereocenters. The summed E-state index contributed by atoms with van der Waals surface area (Å²) in [5.41, 5.74) is -1.78. The minimum atomic E-state index is -1.26. The van der Waals surface area contributed by atoms with E-state index in [1.54, 1.807) is 13.1 Å². The van der Waals surface area contributed by atoms with Crippen LogP contribution in [0.15, 0.2) is 24.3 Å². The van der Waals surface area contributed by atoms with Gasteiger partial charge in [0.25, 0.3) is 0 Å². The third-order valence-corrected chi connectivity index (χ3v) is 5.16. The Morgan fingerprint density at radius 1 is 1.21 bits per heavy atom. The van der Waals surface area contributed by atoms with Crippen molar-refractivity contribution in [1.82, 2.24) is 10.2 Å². The fourth-order valence-electron chi connectivity index (χ4n) is 3.65. The van der Waals surface area contributed by atoms with Crippen LogP contribution in [0.1, 0.15) is 36.0 Å². The molecule has 0 bridgehead atoms. The molecule has 24 heavy (non-hydrogen) atoms. The number of likely N-dealkylation sites (N-methyl/N-ethyl adjacent to an activating group) is 1. The highest BCUT2D eigenvalue weighted by atomic mass is 19.1. The summed E-state index contributed by atoms with van der Waals surface area (Å²) in [6.07, 6.45) is 1.20. The van der Waals surface area contributed by atoms with Crippen LogP contribution in [0.25, 0.3) is 0 Å². The Morgan fingerprint density at radius 2 is 1.88 bits per heavy atom. The number of nitrogens with one attached hydrogen (secondary N) is 1. The summed E-state index contributed by atoms with van der Waals surface area (Å²) in [6.45, 7) is 0.756. The van der Waals surface area contributed by atoms with Crippen molar-refractivity contribution in [3.8, 4) is 0 Å². The topological polar surface area (TPSA) is 78.9 Å². The fraction of sp³-hybridized carbons (Fsp3) is 0.529. The third-order valence-electron chi connectivity index (χ3n) is 5.16. The van der Waals surface area contributed by atoms with Crippen LogP contribution in [-0.4, -0.2) is 53.3 Å². The highest BCUT2D eigenvalue weighted by Gasteiger charge is 2.54. The van der Waals surface area contributed by atoms with Crippen molar-refractivity contribution in [2.75, 3.05) is 20.1 Å². The second-order valence-electron chi connectivity index (χ2n) is 6.44. The molecule has 1 amide bonds. The average molecular weight is 336 g/mol. The number of amides is 1. The minimum absolute atomic E-state index is 0.00636. The number of nitrogens with zero attached hydrogens (tertiary/aromatic N) is 1. The van der Waals surface area contributed by atoms with Gasteiger partial charge in [-0.25, -0.2) is 9.18 Å². The number of ether oxygens (including phenoxy) is 1. The van der Waals surface area contributed by atoms with E-state index in [-0.39, 0.29) is 5.56 Å². The van der Waals surface area contributed by atoms with E-state index in [9.17, 15) is 14.0 Å². The zero-order chi connectivity index (χ0) is 17.4. The monoisotopic (exact) mass is 336 g/mol. The van der Waals surface area contributed by atoms with Gasteiger partial charge in [0.2, 0.25) is 5.78 Å². The first kappa shape index (κ1) is 16.9. The Labute approximate surface area is 139 Å². The Bertz CT molecular complexity index is 658. The first-order chi connectivity index (χ1) is 11.4. The molecule has 1 atom stereocenters. The van der Waals surface area contributed by atoms with E-state index in [0.29, 0.717) is 38.8 Å². The molecule has 7 heteroatoms. The van der Waals surface area contributed by atoms with Crippen LogP contribution in [0, 0.1) is 5.82 Å². The molecule has 2 N–H and O–H groups in total. The first-order valence-electron chi connectivity index (χ1n) is 8.08. The maximum Gasteiger partial charge on any atom is 0.407 e.